The molecule has 0 spiro atoms. The minimum absolute atomic E-state index is 0.0788. The minimum atomic E-state index is -4.68. The SMILES string of the molecule is C[Si](C)(C)CCOCC1C[C@@](c2cc(F)ccc2F)(S(=O)(=O)c2ccc(C(F)(F)F)cc2)CCC1=O. The summed E-state index contributed by atoms with van der Waals surface area (Å²) in [5.41, 5.74) is -1.48. The lowest BCUT2D eigenvalue weighted by Gasteiger charge is -2.40. The second kappa shape index (κ2) is 10.3. The van der Waals surface area contributed by atoms with Gasteiger partial charge in [-0.1, -0.05) is 19.6 Å². The van der Waals surface area contributed by atoms with Crippen molar-refractivity contribution in [2.75, 3.05) is 13.2 Å². The van der Waals surface area contributed by atoms with Crippen LogP contribution in [0.3, 0.4) is 0 Å². The van der Waals surface area contributed by atoms with Gasteiger partial charge < -0.3 is 4.74 Å². The van der Waals surface area contributed by atoms with Gasteiger partial charge in [0.25, 0.3) is 0 Å². The van der Waals surface area contributed by atoms with Crippen LogP contribution in [0.2, 0.25) is 25.7 Å². The molecule has 0 radical (unpaired) electrons. The van der Waals surface area contributed by atoms with Gasteiger partial charge in [0, 0.05) is 32.6 Å². The van der Waals surface area contributed by atoms with Gasteiger partial charge >= 0.3 is 6.18 Å². The third kappa shape index (κ3) is 6.05. The van der Waals surface area contributed by atoms with E-state index in [9.17, 15) is 30.8 Å². The molecule has 1 aliphatic carbocycles. The van der Waals surface area contributed by atoms with Crippen LogP contribution in [0, 0.1) is 17.6 Å². The molecule has 0 aromatic heterocycles. The molecule has 1 fully saturated rings. The summed E-state index contributed by atoms with van der Waals surface area (Å²) in [4.78, 5) is 12.3. The van der Waals surface area contributed by atoms with Crippen LogP contribution in [-0.4, -0.2) is 35.5 Å². The number of ketones is 1. The first-order valence-corrected chi connectivity index (χ1v) is 16.7. The summed E-state index contributed by atoms with van der Waals surface area (Å²) in [6.07, 6.45) is -5.61. The summed E-state index contributed by atoms with van der Waals surface area (Å²) in [6, 6.07) is 6.16. The van der Waals surface area contributed by atoms with Crippen molar-refractivity contribution < 1.29 is 39.9 Å². The Bertz CT molecular complexity index is 1210. The highest BCUT2D eigenvalue weighted by molar-refractivity contribution is 7.92. The lowest BCUT2D eigenvalue weighted by Crippen LogP contribution is -2.45. The van der Waals surface area contributed by atoms with Crippen LogP contribution in [-0.2, 0) is 30.3 Å². The number of alkyl halides is 3. The summed E-state index contributed by atoms with van der Waals surface area (Å²) >= 11 is 0. The molecule has 0 aliphatic heterocycles. The van der Waals surface area contributed by atoms with Crippen LogP contribution in [0.5, 0.6) is 0 Å². The van der Waals surface area contributed by atoms with Crippen molar-refractivity contribution in [3.05, 3.63) is 65.2 Å². The quantitative estimate of drug-likeness (QED) is 0.218. The molecule has 0 heterocycles. The number of hydrogen-bond donors (Lipinski definition) is 0. The number of benzene rings is 2. The highest BCUT2D eigenvalue weighted by Gasteiger charge is 2.53. The Kier molecular flexibility index (Phi) is 8.17. The third-order valence-corrected chi connectivity index (χ3v) is 10.8. The highest BCUT2D eigenvalue weighted by Crippen LogP contribution is 2.49. The molecular weight excluding hydrogens is 519 g/mol. The van der Waals surface area contributed by atoms with E-state index in [1.165, 1.54) is 0 Å². The molecule has 2 aromatic rings. The predicted molar refractivity (Wildman–Crippen MR) is 128 cm³/mol. The van der Waals surface area contributed by atoms with Gasteiger partial charge in [0.15, 0.2) is 9.84 Å². The van der Waals surface area contributed by atoms with Gasteiger partial charge in [-0.25, -0.2) is 17.2 Å². The zero-order valence-corrected chi connectivity index (χ0v) is 22.1. The Morgan fingerprint density at radius 2 is 1.69 bits per heavy atom. The van der Waals surface area contributed by atoms with E-state index in [1.54, 1.807) is 0 Å². The highest BCUT2D eigenvalue weighted by atomic mass is 32.2. The normalized spacial score (nSPS) is 21.6. The van der Waals surface area contributed by atoms with Crippen LogP contribution in [0.25, 0.3) is 0 Å². The Morgan fingerprint density at radius 1 is 1.06 bits per heavy atom. The molecule has 1 aliphatic rings. The number of sulfone groups is 1. The van der Waals surface area contributed by atoms with Crippen LogP contribution in [0.15, 0.2) is 47.4 Å². The largest absolute Gasteiger partial charge is 0.416 e. The molecule has 4 nitrogen and oxygen atoms in total. The first-order valence-electron chi connectivity index (χ1n) is 11.5. The number of Topliss-reactive ketones (excluding diaryl/α,β-unsaturated/α-hetero) is 1. The van der Waals surface area contributed by atoms with Crippen molar-refractivity contribution in [2.45, 2.75) is 60.8 Å². The third-order valence-electron chi connectivity index (χ3n) is 6.55. The first kappa shape index (κ1) is 28.5. The van der Waals surface area contributed by atoms with E-state index in [1.807, 2.05) is 0 Å². The number of hydrogen-bond acceptors (Lipinski definition) is 4. The maximum atomic E-state index is 15.0. The maximum Gasteiger partial charge on any atom is 0.416 e. The molecule has 2 aromatic carbocycles. The Morgan fingerprint density at radius 3 is 2.28 bits per heavy atom. The smallest absolute Gasteiger partial charge is 0.381 e. The van der Waals surface area contributed by atoms with Gasteiger partial charge in [-0.05, 0) is 61.4 Å². The van der Waals surface area contributed by atoms with Crippen molar-refractivity contribution in [2.24, 2.45) is 5.92 Å². The zero-order chi connectivity index (χ0) is 26.9. The van der Waals surface area contributed by atoms with Crippen LogP contribution >= 0.6 is 0 Å². The Labute approximate surface area is 208 Å². The summed E-state index contributed by atoms with van der Waals surface area (Å²) < 4.78 is 99.9. The Balaban J connectivity index is 2.05. The lowest BCUT2D eigenvalue weighted by atomic mass is 9.76. The summed E-state index contributed by atoms with van der Waals surface area (Å²) in [5, 5.41) is 0. The Hall–Kier alpha value is -2.11. The van der Waals surface area contributed by atoms with Crippen molar-refractivity contribution in [3.63, 3.8) is 0 Å². The molecule has 11 heteroatoms. The topological polar surface area (TPSA) is 60.4 Å². The molecule has 1 unspecified atom stereocenters. The first-order chi connectivity index (χ1) is 16.6. The molecule has 1 saturated carbocycles. The average molecular weight is 549 g/mol. The molecule has 2 atom stereocenters. The van der Waals surface area contributed by atoms with E-state index < -0.39 is 62.4 Å². The van der Waals surface area contributed by atoms with Crippen LogP contribution < -0.4 is 0 Å². The average Bonchev–Trinajstić information content (AvgIpc) is 2.78. The molecule has 0 saturated heterocycles. The molecule has 0 amide bonds. The molecule has 0 N–H and O–H groups in total. The zero-order valence-electron chi connectivity index (χ0n) is 20.3. The minimum Gasteiger partial charge on any atom is -0.381 e. The van der Waals surface area contributed by atoms with Gasteiger partial charge in [0.05, 0.1) is 17.1 Å². The molecule has 0 bridgehead atoms. The standard InChI is InChI=1S/C25H29F5O4SSi/c1-36(2,3)13-12-34-16-17-15-24(11-10-23(17)31,21-14-19(26)6-9-22(21)27)35(32,33)20-7-4-18(5-8-20)25(28,29)30/h4-9,14,17H,10-13,15-16H2,1-3H3/t17?,24-/m0/s1. The van der Waals surface area contributed by atoms with E-state index in [4.69, 9.17) is 4.74 Å². The molecule has 3 rings (SSSR count). The summed E-state index contributed by atoms with van der Waals surface area (Å²) in [6.45, 7) is 6.75. The molecule has 198 valence electrons. The number of carbonyl (C=O) groups excluding carboxylic acids is 1. The fourth-order valence-corrected chi connectivity index (χ4v) is 7.37. The second-order valence-electron chi connectivity index (χ2n) is 10.4. The fraction of sp³-hybridized carbons (Fsp3) is 0.480. The number of rotatable bonds is 8. The lowest BCUT2D eigenvalue weighted by molar-refractivity contribution is -0.137. The summed E-state index contributed by atoms with van der Waals surface area (Å²) in [5.74, 6) is -2.99. The van der Waals surface area contributed by atoms with E-state index in [2.05, 4.69) is 19.6 Å². The van der Waals surface area contributed by atoms with Gasteiger partial charge in [0.2, 0.25) is 0 Å². The molecule has 36 heavy (non-hydrogen) atoms. The van der Waals surface area contributed by atoms with Crippen molar-refractivity contribution in [1.82, 2.24) is 0 Å². The van der Waals surface area contributed by atoms with E-state index in [0.29, 0.717) is 18.7 Å². The number of carbonyl (C=O) groups is 1. The predicted octanol–water partition coefficient (Wildman–Crippen LogP) is 6.38. The molecular formula is C25H29F5O4SSi. The van der Waals surface area contributed by atoms with Crippen molar-refractivity contribution >= 4 is 23.7 Å². The van der Waals surface area contributed by atoms with Crippen molar-refractivity contribution in [3.8, 4) is 0 Å². The van der Waals surface area contributed by atoms with Gasteiger partial charge in [-0.15, -0.1) is 0 Å². The second-order valence-corrected chi connectivity index (χ2v) is 18.3. The van der Waals surface area contributed by atoms with Crippen molar-refractivity contribution in [1.29, 1.82) is 0 Å². The van der Waals surface area contributed by atoms with Crippen LogP contribution in [0.4, 0.5) is 22.0 Å². The van der Waals surface area contributed by atoms with Gasteiger partial charge in [-0.2, -0.15) is 13.2 Å². The summed E-state index contributed by atoms with van der Waals surface area (Å²) in [7, 11) is -5.99. The fourth-order valence-electron chi connectivity index (χ4n) is 4.43. The monoisotopic (exact) mass is 548 g/mol. The van der Waals surface area contributed by atoms with Gasteiger partial charge in [-0.3, -0.25) is 4.79 Å². The maximum absolute atomic E-state index is 15.0. The van der Waals surface area contributed by atoms with E-state index in [0.717, 1.165) is 36.4 Å². The number of halogens is 5. The van der Waals surface area contributed by atoms with Gasteiger partial charge in [0.1, 0.15) is 22.2 Å². The van der Waals surface area contributed by atoms with E-state index >= 15 is 4.39 Å². The number of ether oxygens (including phenoxy) is 1. The van der Waals surface area contributed by atoms with E-state index in [-0.39, 0.29) is 31.7 Å². The van der Waals surface area contributed by atoms with Crippen LogP contribution in [0.1, 0.15) is 30.4 Å².